The maximum Gasteiger partial charge on any atom is 0.534 e. The van der Waals surface area contributed by atoms with Crippen LogP contribution >= 0.6 is 11.6 Å². The summed E-state index contributed by atoms with van der Waals surface area (Å²) in [7, 11) is -9.01. The number of alkyl halides is 3. The van der Waals surface area contributed by atoms with E-state index in [0.717, 1.165) is 43.0 Å². The van der Waals surface area contributed by atoms with Gasteiger partial charge in [-0.05, 0) is 80.9 Å². The van der Waals surface area contributed by atoms with Gasteiger partial charge in [-0.3, -0.25) is 4.99 Å². The quantitative estimate of drug-likeness (QED) is 0.108. The zero-order valence-electron chi connectivity index (χ0n) is 23.0. The molecule has 1 saturated heterocycles. The zero-order chi connectivity index (χ0) is 30.1. The maximum atomic E-state index is 12.7. The number of sulfonamides is 1. The summed E-state index contributed by atoms with van der Waals surface area (Å²) >= 11 is 6.19. The molecule has 0 aromatic heterocycles. The monoisotopic (exact) mass is 624 g/mol. The van der Waals surface area contributed by atoms with Crippen LogP contribution in [0.25, 0.3) is 6.08 Å². The molecule has 40 heavy (non-hydrogen) atoms. The number of piperidine rings is 1. The van der Waals surface area contributed by atoms with Crippen LogP contribution in [0, 0.1) is 5.92 Å². The van der Waals surface area contributed by atoms with Crippen molar-refractivity contribution in [3.05, 3.63) is 64.5 Å². The van der Waals surface area contributed by atoms with E-state index >= 15 is 0 Å². The van der Waals surface area contributed by atoms with Crippen LogP contribution in [-0.4, -0.2) is 51.7 Å². The van der Waals surface area contributed by atoms with Crippen molar-refractivity contribution in [1.29, 1.82) is 0 Å². The maximum absolute atomic E-state index is 12.7. The molecule has 224 valence electrons. The fraction of sp³-hybridized carbons (Fsp3) is 0.519. The average Bonchev–Trinajstić information content (AvgIpc) is 2.87. The fourth-order valence-corrected chi connectivity index (χ4v) is 5.95. The van der Waals surface area contributed by atoms with Gasteiger partial charge in [-0.2, -0.15) is 21.6 Å². The van der Waals surface area contributed by atoms with Gasteiger partial charge in [0.1, 0.15) is 6.26 Å². The van der Waals surface area contributed by atoms with Gasteiger partial charge in [0.2, 0.25) is 10.0 Å². The average molecular weight is 625 g/mol. The molecule has 2 rings (SSSR count). The molecule has 1 atom stereocenters. The van der Waals surface area contributed by atoms with E-state index in [2.05, 4.69) is 9.18 Å². The van der Waals surface area contributed by atoms with Crippen molar-refractivity contribution in [2.45, 2.75) is 64.3 Å². The molecular formula is C27H36ClF3N2O5S2. The molecule has 7 nitrogen and oxygen atoms in total. The van der Waals surface area contributed by atoms with E-state index in [4.69, 9.17) is 11.6 Å². The summed E-state index contributed by atoms with van der Waals surface area (Å²) in [6.45, 7) is 6.61. The minimum absolute atomic E-state index is 0.292. The van der Waals surface area contributed by atoms with Gasteiger partial charge in [-0.15, -0.1) is 0 Å². The van der Waals surface area contributed by atoms with Gasteiger partial charge in [-0.25, -0.2) is 12.7 Å². The smallest absolute Gasteiger partial charge is 0.384 e. The molecule has 0 radical (unpaired) electrons. The molecule has 1 heterocycles. The lowest BCUT2D eigenvalue weighted by atomic mass is 9.82. The second-order valence-electron chi connectivity index (χ2n) is 9.63. The molecular weight excluding hydrogens is 589 g/mol. The van der Waals surface area contributed by atoms with Gasteiger partial charge in [0, 0.05) is 30.2 Å². The number of allylic oxidation sites excluding steroid dienone is 3. The molecule has 0 amide bonds. The van der Waals surface area contributed by atoms with Crippen LogP contribution in [0.2, 0.25) is 5.02 Å². The molecule has 1 aliphatic rings. The number of nitrogens with zero attached hydrogens (tertiary/aromatic N) is 2. The Labute approximate surface area is 240 Å². The van der Waals surface area contributed by atoms with E-state index in [1.54, 1.807) is 24.4 Å². The van der Waals surface area contributed by atoms with E-state index in [1.165, 1.54) is 16.6 Å². The molecule has 1 unspecified atom stereocenters. The lowest BCUT2D eigenvalue weighted by Crippen LogP contribution is -2.37. The van der Waals surface area contributed by atoms with Crippen molar-refractivity contribution in [2.24, 2.45) is 10.9 Å². The molecule has 1 aromatic carbocycles. The highest BCUT2D eigenvalue weighted by Gasteiger charge is 2.47. The SMILES string of the molecule is C\C=C/N=C(\C(C)=C/C)C(CCCC1CCN(S(C)(=O)=O)CC1)c1ccc(Cl)cc1/C=C/OS(=O)(=O)C(F)(F)F. The van der Waals surface area contributed by atoms with Crippen molar-refractivity contribution in [1.82, 2.24) is 4.31 Å². The summed E-state index contributed by atoms with van der Waals surface area (Å²) in [5.74, 6) is 0.0719. The van der Waals surface area contributed by atoms with Crippen LogP contribution in [0.4, 0.5) is 13.2 Å². The van der Waals surface area contributed by atoms with Gasteiger partial charge in [0.25, 0.3) is 0 Å². The summed E-state index contributed by atoms with van der Waals surface area (Å²) in [5.41, 5.74) is -2.79. The normalized spacial score (nSPS) is 18.1. The Bertz CT molecular complexity index is 1350. The number of benzene rings is 1. The number of hydrogen-bond acceptors (Lipinski definition) is 6. The molecule has 1 aliphatic heterocycles. The predicted molar refractivity (Wildman–Crippen MR) is 154 cm³/mol. The van der Waals surface area contributed by atoms with Gasteiger partial charge in [0.15, 0.2) is 0 Å². The summed E-state index contributed by atoms with van der Waals surface area (Å²) in [6.07, 6.45) is 12.1. The van der Waals surface area contributed by atoms with Crippen LogP contribution < -0.4 is 0 Å². The summed E-state index contributed by atoms with van der Waals surface area (Å²) in [5, 5.41) is 0.313. The molecule has 0 bridgehead atoms. The van der Waals surface area contributed by atoms with E-state index in [-0.39, 0.29) is 5.92 Å². The third-order valence-electron chi connectivity index (χ3n) is 6.82. The highest BCUT2D eigenvalue weighted by atomic mass is 35.5. The van der Waals surface area contributed by atoms with Gasteiger partial charge < -0.3 is 4.18 Å². The van der Waals surface area contributed by atoms with Gasteiger partial charge in [0.05, 0.1) is 12.0 Å². The Balaban J connectivity index is 2.38. The van der Waals surface area contributed by atoms with Crippen LogP contribution in [0.1, 0.15) is 69.9 Å². The first-order valence-electron chi connectivity index (χ1n) is 12.8. The summed E-state index contributed by atoms with van der Waals surface area (Å²) in [6, 6.07) is 4.94. The van der Waals surface area contributed by atoms with Crippen molar-refractivity contribution in [3.8, 4) is 0 Å². The zero-order valence-corrected chi connectivity index (χ0v) is 25.4. The van der Waals surface area contributed by atoms with E-state index in [1.807, 2.05) is 26.8 Å². The Hall–Kier alpha value is -2.15. The van der Waals surface area contributed by atoms with Crippen molar-refractivity contribution >= 4 is 43.5 Å². The van der Waals surface area contributed by atoms with Gasteiger partial charge >= 0.3 is 15.6 Å². The second-order valence-corrected chi connectivity index (χ2v) is 13.6. The number of halogens is 4. The largest absolute Gasteiger partial charge is 0.534 e. The van der Waals surface area contributed by atoms with E-state index in [0.29, 0.717) is 47.8 Å². The molecule has 1 aromatic rings. The first-order chi connectivity index (χ1) is 18.6. The van der Waals surface area contributed by atoms with E-state index < -0.39 is 25.6 Å². The Kier molecular flexibility index (Phi) is 12.5. The Morgan fingerprint density at radius 3 is 2.40 bits per heavy atom. The Morgan fingerprint density at radius 2 is 1.85 bits per heavy atom. The molecule has 0 N–H and O–H groups in total. The minimum atomic E-state index is -5.80. The first-order valence-corrected chi connectivity index (χ1v) is 16.5. The lowest BCUT2D eigenvalue weighted by molar-refractivity contribution is -0.0514. The third kappa shape index (κ3) is 9.74. The van der Waals surface area contributed by atoms with Crippen LogP contribution in [-0.2, 0) is 24.3 Å². The first kappa shape index (κ1) is 34.1. The number of rotatable bonds is 12. The van der Waals surface area contributed by atoms with Crippen molar-refractivity contribution in [2.75, 3.05) is 19.3 Å². The number of hydrogen-bond donors (Lipinski definition) is 0. The van der Waals surface area contributed by atoms with Gasteiger partial charge in [-0.1, -0.05) is 42.7 Å². The lowest BCUT2D eigenvalue weighted by Gasteiger charge is -2.30. The van der Waals surface area contributed by atoms with Crippen LogP contribution in [0.3, 0.4) is 0 Å². The Morgan fingerprint density at radius 1 is 1.20 bits per heavy atom. The fourth-order valence-electron chi connectivity index (χ4n) is 4.59. The predicted octanol–water partition coefficient (Wildman–Crippen LogP) is 7.04. The highest BCUT2D eigenvalue weighted by molar-refractivity contribution is 7.88. The van der Waals surface area contributed by atoms with Crippen LogP contribution in [0.15, 0.2) is 53.4 Å². The van der Waals surface area contributed by atoms with E-state index in [9.17, 15) is 30.0 Å². The molecule has 1 fully saturated rings. The second kappa shape index (κ2) is 14.7. The highest BCUT2D eigenvalue weighted by Crippen LogP contribution is 2.34. The number of aliphatic imine (C=N–C) groups is 1. The molecule has 0 saturated carbocycles. The van der Waals surface area contributed by atoms with Crippen molar-refractivity contribution < 1.29 is 34.2 Å². The summed E-state index contributed by atoms with van der Waals surface area (Å²) < 4.78 is 90.1. The van der Waals surface area contributed by atoms with Crippen molar-refractivity contribution in [3.63, 3.8) is 0 Å². The topological polar surface area (TPSA) is 93.1 Å². The van der Waals surface area contributed by atoms with Crippen LogP contribution in [0.5, 0.6) is 0 Å². The molecule has 0 spiro atoms. The third-order valence-corrected chi connectivity index (χ3v) is 9.28. The standard InChI is InChI=1S/C27H36ClF3N2O5S2/c1-5-15-32-26(20(3)6-2)25(9-7-8-21-12-16-33(17-13-21)39(4,34)35)24-11-10-23(28)19-22(24)14-18-38-40(36,37)27(29,30)31/h5-6,10-11,14-15,18-19,21,25H,7-9,12-13,16-17H2,1-4H3/b15-5-,18-14+,20-6-,32-26+. The molecule has 13 heteroatoms. The summed E-state index contributed by atoms with van der Waals surface area (Å²) in [4.78, 5) is 4.67. The minimum Gasteiger partial charge on any atom is -0.384 e. The molecule has 0 aliphatic carbocycles.